The molecule has 0 bridgehead atoms. The van der Waals surface area contributed by atoms with E-state index in [1.54, 1.807) is 12.1 Å². The molecule has 1 fully saturated rings. The van der Waals surface area contributed by atoms with Gasteiger partial charge in [0.15, 0.2) is 6.61 Å². The smallest absolute Gasteiger partial charge is 0.338 e. The zero-order chi connectivity index (χ0) is 18.2. The van der Waals surface area contributed by atoms with E-state index in [-0.39, 0.29) is 12.5 Å². The SMILES string of the molecule is O=C(COC(=O)c1ccc(C2SCCS2)cc1)NCCC1=CCCCC1. The fourth-order valence-electron chi connectivity index (χ4n) is 3.09. The average Bonchev–Trinajstić information content (AvgIpc) is 3.22. The maximum Gasteiger partial charge on any atom is 0.338 e. The van der Waals surface area contributed by atoms with Gasteiger partial charge in [0.2, 0.25) is 0 Å². The summed E-state index contributed by atoms with van der Waals surface area (Å²) in [6.07, 6.45) is 7.97. The van der Waals surface area contributed by atoms with Crippen molar-refractivity contribution in [3.63, 3.8) is 0 Å². The van der Waals surface area contributed by atoms with Crippen LogP contribution in [0.3, 0.4) is 0 Å². The Morgan fingerprint density at radius 1 is 1.12 bits per heavy atom. The first-order valence-electron chi connectivity index (χ1n) is 9.17. The molecule has 26 heavy (non-hydrogen) atoms. The topological polar surface area (TPSA) is 55.4 Å². The molecule has 1 aromatic rings. The molecule has 1 N–H and O–H groups in total. The van der Waals surface area contributed by atoms with Crippen molar-refractivity contribution < 1.29 is 14.3 Å². The van der Waals surface area contributed by atoms with E-state index in [9.17, 15) is 9.59 Å². The highest BCUT2D eigenvalue weighted by molar-refractivity contribution is 8.19. The van der Waals surface area contributed by atoms with Gasteiger partial charge in [0.05, 0.1) is 10.1 Å². The summed E-state index contributed by atoms with van der Waals surface area (Å²) in [7, 11) is 0. The van der Waals surface area contributed by atoms with Crippen molar-refractivity contribution in [3.8, 4) is 0 Å². The van der Waals surface area contributed by atoms with Crippen LogP contribution in [0.15, 0.2) is 35.9 Å². The highest BCUT2D eigenvalue weighted by Gasteiger charge is 2.18. The Morgan fingerprint density at radius 2 is 1.88 bits per heavy atom. The zero-order valence-electron chi connectivity index (χ0n) is 14.9. The number of esters is 1. The minimum atomic E-state index is -0.451. The first-order valence-corrected chi connectivity index (χ1v) is 11.3. The third-order valence-corrected chi connectivity index (χ3v) is 7.63. The van der Waals surface area contributed by atoms with Gasteiger partial charge in [0.25, 0.3) is 5.91 Å². The maximum absolute atomic E-state index is 12.1. The van der Waals surface area contributed by atoms with Crippen LogP contribution in [0.1, 0.15) is 52.6 Å². The van der Waals surface area contributed by atoms with E-state index in [2.05, 4.69) is 11.4 Å². The van der Waals surface area contributed by atoms with E-state index in [1.165, 1.54) is 35.5 Å². The second-order valence-electron chi connectivity index (χ2n) is 6.48. The highest BCUT2D eigenvalue weighted by Crippen LogP contribution is 2.45. The van der Waals surface area contributed by atoms with E-state index >= 15 is 0 Å². The Bertz CT molecular complexity index is 652. The van der Waals surface area contributed by atoms with Crippen LogP contribution in [0.5, 0.6) is 0 Å². The van der Waals surface area contributed by atoms with Crippen molar-refractivity contribution in [1.82, 2.24) is 5.32 Å². The van der Waals surface area contributed by atoms with E-state index < -0.39 is 5.97 Å². The number of nitrogens with one attached hydrogen (secondary N) is 1. The Morgan fingerprint density at radius 3 is 2.58 bits per heavy atom. The summed E-state index contributed by atoms with van der Waals surface area (Å²) in [5.74, 6) is 1.65. The van der Waals surface area contributed by atoms with Crippen LogP contribution < -0.4 is 5.32 Å². The van der Waals surface area contributed by atoms with Crippen molar-refractivity contribution >= 4 is 35.4 Å². The molecule has 1 amide bonds. The summed E-state index contributed by atoms with van der Waals surface area (Å²) in [5.41, 5.74) is 3.14. The van der Waals surface area contributed by atoms with Crippen LogP contribution in [0, 0.1) is 0 Å². The molecular formula is C20H25NO3S2. The number of carbonyl (C=O) groups is 2. The highest BCUT2D eigenvalue weighted by atomic mass is 32.2. The minimum Gasteiger partial charge on any atom is -0.452 e. The minimum absolute atomic E-state index is 0.228. The van der Waals surface area contributed by atoms with Crippen molar-refractivity contribution in [2.24, 2.45) is 0 Å². The average molecular weight is 392 g/mol. The standard InChI is InChI=1S/C20H25NO3S2/c22-18(21-11-10-15-4-2-1-3-5-15)14-24-19(23)16-6-8-17(9-7-16)20-25-12-13-26-20/h4,6-9,20H,1-3,5,10-14H2,(H,21,22). The van der Waals surface area contributed by atoms with Crippen LogP contribution >= 0.6 is 23.5 Å². The van der Waals surface area contributed by atoms with Gasteiger partial charge in [-0.2, -0.15) is 0 Å². The van der Waals surface area contributed by atoms with E-state index in [0.717, 1.165) is 19.3 Å². The quantitative estimate of drug-likeness (QED) is 0.554. The molecule has 140 valence electrons. The maximum atomic E-state index is 12.1. The second-order valence-corrected chi connectivity index (χ2v) is 9.20. The molecule has 0 unspecified atom stereocenters. The molecule has 3 rings (SSSR count). The number of benzene rings is 1. The lowest BCUT2D eigenvalue weighted by atomic mass is 9.97. The Kier molecular flexibility index (Phi) is 7.50. The molecule has 0 saturated carbocycles. The number of hydrogen-bond donors (Lipinski definition) is 1. The Labute approximate surface area is 163 Å². The molecule has 2 aliphatic rings. The van der Waals surface area contributed by atoms with Crippen LogP contribution in [0.2, 0.25) is 0 Å². The van der Waals surface area contributed by atoms with Gasteiger partial charge >= 0.3 is 5.97 Å². The van der Waals surface area contributed by atoms with Gasteiger partial charge in [-0.05, 0) is 49.8 Å². The summed E-state index contributed by atoms with van der Waals surface area (Å²) in [6.45, 7) is 0.377. The van der Waals surface area contributed by atoms with Gasteiger partial charge in [0, 0.05) is 18.1 Å². The summed E-state index contributed by atoms with van der Waals surface area (Å²) in [6, 6.07) is 7.52. The summed E-state index contributed by atoms with van der Waals surface area (Å²) >= 11 is 3.86. The third-order valence-electron chi connectivity index (χ3n) is 4.53. The molecule has 1 aliphatic carbocycles. The van der Waals surface area contributed by atoms with Gasteiger partial charge in [-0.3, -0.25) is 4.79 Å². The number of rotatable bonds is 7. The third kappa shape index (κ3) is 5.81. The molecule has 4 nitrogen and oxygen atoms in total. The van der Waals surface area contributed by atoms with Gasteiger partial charge in [-0.25, -0.2) is 4.79 Å². The Balaban J connectivity index is 1.37. The second kappa shape index (κ2) is 10.1. The zero-order valence-corrected chi connectivity index (χ0v) is 16.5. The predicted octanol–water partition coefficient (Wildman–Crippen LogP) is 4.33. The lowest BCUT2D eigenvalue weighted by molar-refractivity contribution is -0.124. The molecule has 1 heterocycles. The first kappa shape index (κ1) is 19.4. The molecule has 1 aromatic carbocycles. The molecular weight excluding hydrogens is 366 g/mol. The van der Waals surface area contributed by atoms with E-state index in [1.807, 2.05) is 35.7 Å². The summed E-state index contributed by atoms with van der Waals surface area (Å²) in [4.78, 5) is 23.9. The van der Waals surface area contributed by atoms with Crippen molar-refractivity contribution in [1.29, 1.82) is 0 Å². The van der Waals surface area contributed by atoms with Crippen molar-refractivity contribution in [2.75, 3.05) is 24.7 Å². The summed E-state index contributed by atoms with van der Waals surface area (Å²) in [5, 5.41) is 2.82. The normalized spacial score (nSPS) is 17.6. The van der Waals surface area contributed by atoms with Gasteiger partial charge in [-0.15, -0.1) is 23.5 Å². The molecule has 0 aromatic heterocycles. The summed E-state index contributed by atoms with van der Waals surface area (Å²) < 4.78 is 5.58. The first-order chi connectivity index (χ1) is 12.7. The van der Waals surface area contributed by atoms with Gasteiger partial charge < -0.3 is 10.1 Å². The largest absolute Gasteiger partial charge is 0.452 e. The monoisotopic (exact) mass is 391 g/mol. The predicted molar refractivity (Wildman–Crippen MR) is 109 cm³/mol. The fraction of sp³-hybridized carbons (Fsp3) is 0.500. The molecule has 1 saturated heterocycles. The molecule has 0 spiro atoms. The van der Waals surface area contributed by atoms with Gasteiger partial charge in [0.1, 0.15) is 0 Å². The molecule has 0 atom stereocenters. The molecule has 1 aliphatic heterocycles. The van der Waals surface area contributed by atoms with E-state index in [0.29, 0.717) is 16.7 Å². The lowest BCUT2D eigenvalue weighted by Gasteiger charge is -2.13. The molecule has 6 heteroatoms. The number of thioether (sulfide) groups is 2. The Hall–Kier alpha value is -1.40. The van der Waals surface area contributed by atoms with Crippen LogP contribution in [-0.2, 0) is 9.53 Å². The number of carbonyl (C=O) groups excluding carboxylic acids is 2. The number of hydrogen-bond acceptors (Lipinski definition) is 5. The van der Waals surface area contributed by atoms with Gasteiger partial charge in [-0.1, -0.05) is 23.8 Å². The van der Waals surface area contributed by atoms with Crippen LogP contribution in [-0.4, -0.2) is 36.5 Å². The number of allylic oxidation sites excluding steroid dienone is 1. The fourth-order valence-corrected chi connectivity index (χ4v) is 5.95. The van der Waals surface area contributed by atoms with E-state index in [4.69, 9.17) is 4.74 Å². The molecule has 0 radical (unpaired) electrons. The number of ether oxygens (including phenoxy) is 1. The van der Waals surface area contributed by atoms with Crippen molar-refractivity contribution in [3.05, 3.63) is 47.0 Å². The van der Waals surface area contributed by atoms with Crippen LogP contribution in [0.25, 0.3) is 0 Å². The number of amides is 1. The van der Waals surface area contributed by atoms with Crippen molar-refractivity contribution in [2.45, 2.75) is 36.7 Å². The van der Waals surface area contributed by atoms with Crippen LogP contribution in [0.4, 0.5) is 0 Å². The lowest BCUT2D eigenvalue weighted by Crippen LogP contribution is -2.29.